The van der Waals surface area contributed by atoms with Gasteiger partial charge in [-0.15, -0.1) is 0 Å². The number of nitrogens with zero attached hydrogens (tertiary/aromatic N) is 1. The van der Waals surface area contributed by atoms with Crippen molar-refractivity contribution in [3.8, 4) is 0 Å². The Kier molecular flexibility index (Phi) is 6.83. The van der Waals surface area contributed by atoms with Crippen LogP contribution in [0.3, 0.4) is 0 Å². The summed E-state index contributed by atoms with van der Waals surface area (Å²) in [6.45, 7) is 6.10. The van der Waals surface area contributed by atoms with E-state index in [2.05, 4.69) is 5.32 Å². The number of nitrogens with one attached hydrogen (secondary N) is 1. The van der Waals surface area contributed by atoms with Crippen LogP contribution >= 0.6 is 12.2 Å². The summed E-state index contributed by atoms with van der Waals surface area (Å²) in [5.41, 5.74) is 4.79. The van der Waals surface area contributed by atoms with Crippen LogP contribution in [-0.2, 0) is 9.59 Å². The van der Waals surface area contributed by atoms with Gasteiger partial charge in [-0.3, -0.25) is 9.59 Å². The van der Waals surface area contributed by atoms with E-state index < -0.39 is 5.41 Å². The predicted molar refractivity (Wildman–Crippen MR) is 76.1 cm³/mol. The Bertz CT molecular complexity index is 333. The van der Waals surface area contributed by atoms with Crippen LogP contribution in [0.15, 0.2) is 0 Å². The summed E-state index contributed by atoms with van der Waals surface area (Å²) in [4.78, 5) is 25.6. The molecular formula is C12H23N3O2S. The topological polar surface area (TPSA) is 75.4 Å². The molecule has 0 bridgehead atoms. The Morgan fingerprint density at radius 1 is 1.39 bits per heavy atom. The van der Waals surface area contributed by atoms with Crippen molar-refractivity contribution in [2.75, 3.05) is 20.1 Å². The van der Waals surface area contributed by atoms with Crippen molar-refractivity contribution in [1.82, 2.24) is 10.2 Å². The molecule has 1 unspecified atom stereocenters. The van der Waals surface area contributed by atoms with Gasteiger partial charge in [0, 0.05) is 13.6 Å². The van der Waals surface area contributed by atoms with Crippen LogP contribution in [0.2, 0.25) is 0 Å². The molecule has 0 aliphatic heterocycles. The van der Waals surface area contributed by atoms with Crippen molar-refractivity contribution in [3.63, 3.8) is 0 Å². The van der Waals surface area contributed by atoms with E-state index in [9.17, 15) is 9.59 Å². The second-order valence-corrected chi connectivity index (χ2v) is 4.89. The van der Waals surface area contributed by atoms with Gasteiger partial charge in [-0.05, 0) is 19.8 Å². The number of thiocarbonyl (C=S) groups is 1. The highest BCUT2D eigenvalue weighted by molar-refractivity contribution is 7.80. The molecule has 0 spiro atoms. The molecule has 0 rings (SSSR count). The molecule has 0 aromatic heterocycles. The third kappa shape index (κ3) is 3.94. The lowest BCUT2D eigenvalue weighted by Gasteiger charge is -2.32. The lowest BCUT2D eigenvalue weighted by molar-refractivity contribution is -0.141. The molecule has 3 N–H and O–H groups in total. The summed E-state index contributed by atoms with van der Waals surface area (Å²) in [7, 11) is 1.55. The first-order chi connectivity index (χ1) is 8.33. The van der Waals surface area contributed by atoms with Crippen molar-refractivity contribution in [2.45, 2.75) is 33.6 Å². The SMILES string of the molecule is CCCN(CC(=O)NC)C(=O)C(C)(CC)C(N)=S. The van der Waals surface area contributed by atoms with Crippen molar-refractivity contribution in [2.24, 2.45) is 11.1 Å². The van der Waals surface area contributed by atoms with Crippen molar-refractivity contribution in [1.29, 1.82) is 0 Å². The van der Waals surface area contributed by atoms with E-state index in [0.717, 1.165) is 6.42 Å². The monoisotopic (exact) mass is 273 g/mol. The Hall–Kier alpha value is -1.17. The fourth-order valence-corrected chi connectivity index (χ4v) is 1.79. The smallest absolute Gasteiger partial charge is 0.239 e. The van der Waals surface area contributed by atoms with Gasteiger partial charge in [0.1, 0.15) is 0 Å². The number of hydrogen-bond acceptors (Lipinski definition) is 3. The number of rotatable bonds is 7. The molecule has 2 amide bonds. The van der Waals surface area contributed by atoms with Crippen LogP contribution in [0.5, 0.6) is 0 Å². The van der Waals surface area contributed by atoms with Crippen molar-refractivity contribution < 1.29 is 9.59 Å². The first-order valence-electron chi connectivity index (χ1n) is 6.13. The van der Waals surface area contributed by atoms with Crippen LogP contribution < -0.4 is 11.1 Å². The first-order valence-corrected chi connectivity index (χ1v) is 6.54. The molecule has 0 saturated heterocycles. The molecule has 5 nitrogen and oxygen atoms in total. The highest BCUT2D eigenvalue weighted by Gasteiger charge is 2.38. The molecule has 0 aromatic carbocycles. The lowest BCUT2D eigenvalue weighted by Crippen LogP contribution is -2.51. The summed E-state index contributed by atoms with van der Waals surface area (Å²) in [5, 5.41) is 2.51. The summed E-state index contributed by atoms with van der Waals surface area (Å²) in [5.74, 6) is -0.374. The normalized spacial score (nSPS) is 13.6. The van der Waals surface area contributed by atoms with Gasteiger partial charge in [-0.25, -0.2) is 0 Å². The van der Waals surface area contributed by atoms with Crippen LogP contribution in [0.1, 0.15) is 33.6 Å². The maximum Gasteiger partial charge on any atom is 0.239 e. The number of nitrogens with two attached hydrogens (primary N) is 1. The Morgan fingerprint density at radius 2 is 1.94 bits per heavy atom. The van der Waals surface area contributed by atoms with Gasteiger partial charge in [0.15, 0.2) is 0 Å². The van der Waals surface area contributed by atoms with E-state index in [-0.39, 0.29) is 23.3 Å². The Morgan fingerprint density at radius 3 is 2.28 bits per heavy atom. The molecule has 18 heavy (non-hydrogen) atoms. The average molecular weight is 273 g/mol. The minimum atomic E-state index is -0.876. The van der Waals surface area contributed by atoms with E-state index in [1.807, 2.05) is 13.8 Å². The minimum Gasteiger partial charge on any atom is -0.392 e. The second kappa shape index (κ2) is 7.31. The first kappa shape index (κ1) is 16.8. The van der Waals surface area contributed by atoms with Gasteiger partial charge in [0.25, 0.3) is 0 Å². The largest absolute Gasteiger partial charge is 0.392 e. The Balaban J connectivity index is 5.05. The van der Waals surface area contributed by atoms with Gasteiger partial charge < -0.3 is 16.0 Å². The van der Waals surface area contributed by atoms with Crippen LogP contribution in [-0.4, -0.2) is 41.8 Å². The Labute approximate surface area is 114 Å². The maximum atomic E-state index is 12.5. The molecule has 0 heterocycles. The van der Waals surface area contributed by atoms with Gasteiger partial charge in [-0.2, -0.15) is 0 Å². The zero-order valence-electron chi connectivity index (χ0n) is 11.6. The molecule has 0 aliphatic carbocycles. The molecule has 0 radical (unpaired) electrons. The molecule has 0 aromatic rings. The molecule has 6 heteroatoms. The summed E-state index contributed by atoms with van der Waals surface area (Å²) >= 11 is 4.98. The van der Waals surface area contributed by atoms with E-state index in [1.165, 1.54) is 4.90 Å². The average Bonchev–Trinajstić information content (AvgIpc) is 2.35. The second-order valence-electron chi connectivity index (χ2n) is 4.45. The molecule has 0 fully saturated rings. The van der Waals surface area contributed by atoms with Crippen LogP contribution in [0.25, 0.3) is 0 Å². The van der Waals surface area contributed by atoms with E-state index in [4.69, 9.17) is 18.0 Å². The fraction of sp³-hybridized carbons (Fsp3) is 0.750. The quantitative estimate of drug-likeness (QED) is 0.669. The zero-order chi connectivity index (χ0) is 14.3. The van der Waals surface area contributed by atoms with Gasteiger partial charge in [0.2, 0.25) is 11.8 Å². The summed E-state index contributed by atoms with van der Waals surface area (Å²) in [6, 6.07) is 0. The summed E-state index contributed by atoms with van der Waals surface area (Å²) < 4.78 is 0. The van der Waals surface area contributed by atoms with Gasteiger partial charge >= 0.3 is 0 Å². The van der Waals surface area contributed by atoms with Crippen LogP contribution in [0, 0.1) is 5.41 Å². The maximum absolute atomic E-state index is 12.5. The third-order valence-electron chi connectivity index (χ3n) is 3.12. The molecule has 104 valence electrons. The fourth-order valence-electron chi connectivity index (χ4n) is 1.55. The number of carbonyl (C=O) groups excluding carboxylic acids is 2. The summed E-state index contributed by atoms with van der Waals surface area (Å²) in [6.07, 6.45) is 1.30. The zero-order valence-corrected chi connectivity index (χ0v) is 12.4. The molecule has 0 aliphatic rings. The van der Waals surface area contributed by atoms with E-state index in [0.29, 0.717) is 13.0 Å². The van der Waals surface area contributed by atoms with Gasteiger partial charge in [-0.1, -0.05) is 26.1 Å². The molecule has 0 saturated carbocycles. The highest BCUT2D eigenvalue weighted by atomic mass is 32.1. The van der Waals surface area contributed by atoms with Crippen molar-refractivity contribution >= 4 is 29.0 Å². The van der Waals surface area contributed by atoms with E-state index in [1.54, 1.807) is 14.0 Å². The predicted octanol–water partition coefficient (Wildman–Crippen LogP) is 0.673. The molecule has 1 atom stereocenters. The molecular weight excluding hydrogens is 250 g/mol. The highest BCUT2D eigenvalue weighted by Crippen LogP contribution is 2.24. The minimum absolute atomic E-state index is 0.0430. The lowest BCUT2D eigenvalue weighted by atomic mass is 9.85. The van der Waals surface area contributed by atoms with E-state index >= 15 is 0 Å². The standard InChI is InChI=1S/C12H23N3O2S/c1-5-7-15(8-9(16)14-4)11(17)12(3,6-2)10(13)18/h5-8H2,1-4H3,(H2,13,18)(H,14,16). The number of likely N-dealkylation sites (N-methyl/N-ethyl adjacent to an activating group) is 1. The number of amides is 2. The van der Waals surface area contributed by atoms with Crippen LogP contribution in [0.4, 0.5) is 0 Å². The van der Waals surface area contributed by atoms with Gasteiger partial charge in [0.05, 0.1) is 16.9 Å². The third-order valence-corrected chi connectivity index (χ3v) is 3.57. The number of carbonyl (C=O) groups is 2. The number of hydrogen-bond donors (Lipinski definition) is 2. The van der Waals surface area contributed by atoms with Crippen molar-refractivity contribution in [3.05, 3.63) is 0 Å².